The number of ether oxygens (including phenoxy) is 1. The number of amides is 1. The second kappa shape index (κ2) is 11.2. The fourth-order valence-corrected chi connectivity index (χ4v) is 3.93. The summed E-state index contributed by atoms with van der Waals surface area (Å²) in [7, 11) is 0. The second-order valence-electron chi connectivity index (χ2n) is 8.00. The average Bonchev–Trinajstić information content (AvgIpc) is 2.76. The summed E-state index contributed by atoms with van der Waals surface area (Å²) in [5, 5.41) is 12.2. The minimum atomic E-state index is -0.957. The Morgan fingerprint density at radius 1 is 1.13 bits per heavy atom. The molecular formula is C24H31ClN2O4. The van der Waals surface area contributed by atoms with E-state index in [1.165, 1.54) is 0 Å². The fraction of sp³-hybridized carbons (Fsp3) is 0.417. The number of carbonyl (C=O) groups excluding carboxylic acids is 1. The Balaban J connectivity index is 0.00000341. The van der Waals surface area contributed by atoms with Crippen LogP contribution in [0.15, 0.2) is 54.6 Å². The van der Waals surface area contributed by atoms with E-state index in [0.29, 0.717) is 13.2 Å². The van der Waals surface area contributed by atoms with Crippen LogP contribution in [0.2, 0.25) is 0 Å². The third-order valence-corrected chi connectivity index (χ3v) is 5.91. The number of halogens is 1. The number of carboxylic acids is 1. The number of para-hydroxylation sites is 1. The number of aromatic carboxylic acids is 1. The monoisotopic (exact) mass is 446 g/mol. The first-order valence-electron chi connectivity index (χ1n) is 10.5. The third-order valence-electron chi connectivity index (χ3n) is 5.91. The van der Waals surface area contributed by atoms with Crippen molar-refractivity contribution in [2.75, 3.05) is 19.7 Å². The van der Waals surface area contributed by atoms with Crippen molar-refractivity contribution >= 4 is 24.3 Å². The quantitative estimate of drug-likeness (QED) is 0.631. The van der Waals surface area contributed by atoms with Crippen molar-refractivity contribution in [2.45, 2.75) is 44.7 Å². The predicted molar refractivity (Wildman–Crippen MR) is 123 cm³/mol. The Labute approximate surface area is 190 Å². The molecule has 3 rings (SSSR count). The third kappa shape index (κ3) is 6.21. The van der Waals surface area contributed by atoms with Crippen LogP contribution in [0.3, 0.4) is 0 Å². The summed E-state index contributed by atoms with van der Waals surface area (Å²) in [6.45, 7) is 6.00. The molecule has 31 heavy (non-hydrogen) atoms. The molecule has 0 aromatic heterocycles. The minimum Gasteiger partial charge on any atom is -0.492 e. The topological polar surface area (TPSA) is 78.9 Å². The molecule has 1 aliphatic heterocycles. The van der Waals surface area contributed by atoms with Crippen molar-refractivity contribution in [1.82, 2.24) is 10.2 Å². The maximum atomic E-state index is 13.2. The maximum Gasteiger partial charge on any atom is 0.335 e. The van der Waals surface area contributed by atoms with Crippen LogP contribution in [0, 0.1) is 0 Å². The Bertz CT molecular complexity index is 860. The molecule has 1 saturated heterocycles. The van der Waals surface area contributed by atoms with Gasteiger partial charge < -0.3 is 15.2 Å². The van der Waals surface area contributed by atoms with Gasteiger partial charge in [0.15, 0.2) is 0 Å². The fourth-order valence-electron chi connectivity index (χ4n) is 3.93. The number of carboxylic acid groups (broad SMARTS) is 1. The maximum absolute atomic E-state index is 13.2. The zero-order valence-corrected chi connectivity index (χ0v) is 18.9. The van der Waals surface area contributed by atoms with E-state index in [9.17, 15) is 9.59 Å². The molecule has 0 saturated carbocycles. The van der Waals surface area contributed by atoms with E-state index in [4.69, 9.17) is 9.84 Å². The van der Waals surface area contributed by atoms with E-state index in [1.807, 2.05) is 44.2 Å². The highest BCUT2D eigenvalue weighted by Gasteiger charge is 2.41. The number of hydrogen-bond donors (Lipinski definition) is 2. The Kier molecular flexibility index (Phi) is 8.89. The van der Waals surface area contributed by atoms with E-state index in [0.717, 1.165) is 37.1 Å². The molecule has 2 aromatic rings. The molecule has 1 amide bonds. The summed E-state index contributed by atoms with van der Waals surface area (Å²) >= 11 is 0. The molecule has 0 unspecified atom stereocenters. The van der Waals surface area contributed by atoms with Crippen LogP contribution in [0.4, 0.5) is 0 Å². The molecule has 2 atom stereocenters. The minimum absolute atomic E-state index is 0. The molecule has 7 heteroatoms. The molecule has 2 aromatic carbocycles. The summed E-state index contributed by atoms with van der Waals surface area (Å²) in [5.41, 5.74) is 0.529. The number of nitrogens with zero attached hydrogens (tertiary/aromatic N) is 1. The molecule has 0 spiro atoms. The molecule has 0 aliphatic carbocycles. The van der Waals surface area contributed by atoms with E-state index in [1.54, 1.807) is 24.3 Å². The van der Waals surface area contributed by atoms with Gasteiger partial charge >= 0.3 is 5.97 Å². The first kappa shape index (κ1) is 24.7. The predicted octanol–water partition coefficient (Wildman–Crippen LogP) is 4.31. The van der Waals surface area contributed by atoms with E-state index < -0.39 is 11.5 Å². The van der Waals surface area contributed by atoms with Crippen LogP contribution >= 0.6 is 12.4 Å². The van der Waals surface area contributed by atoms with Crippen LogP contribution < -0.4 is 10.1 Å². The molecule has 0 radical (unpaired) electrons. The highest BCUT2D eigenvalue weighted by molar-refractivity contribution is 5.88. The van der Waals surface area contributed by atoms with Crippen molar-refractivity contribution in [3.63, 3.8) is 0 Å². The summed E-state index contributed by atoms with van der Waals surface area (Å²) in [5.74, 6) is -0.128. The van der Waals surface area contributed by atoms with Gasteiger partial charge in [-0.3, -0.25) is 9.69 Å². The van der Waals surface area contributed by atoms with Gasteiger partial charge in [0, 0.05) is 6.54 Å². The van der Waals surface area contributed by atoms with Crippen LogP contribution in [-0.2, 0) is 4.79 Å². The largest absolute Gasteiger partial charge is 0.492 e. The van der Waals surface area contributed by atoms with Gasteiger partial charge in [0.25, 0.3) is 0 Å². The number of likely N-dealkylation sites (tertiary alicyclic amines) is 1. The number of piperidine rings is 1. The molecule has 6 nitrogen and oxygen atoms in total. The zero-order chi connectivity index (χ0) is 21.6. The van der Waals surface area contributed by atoms with Crippen molar-refractivity contribution in [1.29, 1.82) is 0 Å². The van der Waals surface area contributed by atoms with Gasteiger partial charge in [-0.25, -0.2) is 4.79 Å². The number of rotatable bonds is 8. The normalized spacial score (nSPS) is 19.7. The van der Waals surface area contributed by atoms with Gasteiger partial charge in [0.1, 0.15) is 12.4 Å². The van der Waals surface area contributed by atoms with Crippen LogP contribution in [0.5, 0.6) is 5.75 Å². The van der Waals surface area contributed by atoms with E-state index in [-0.39, 0.29) is 29.9 Å². The molecule has 1 fully saturated rings. The standard InChI is InChI=1S/C24H30N2O4.ClH/c1-18(19-10-12-20(13-11-19)22(27)28)25-23(29)24(2)14-6-7-15-26(24)16-17-30-21-8-4-3-5-9-21;/h3-5,8-13,18H,6-7,14-17H2,1-2H3,(H,25,29)(H,27,28);1H/t18-,24+;/m0./s1. The van der Waals surface area contributed by atoms with Gasteiger partial charge in [0.05, 0.1) is 17.1 Å². The van der Waals surface area contributed by atoms with Gasteiger partial charge in [-0.1, -0.05) is 30.3 Å². The molecule has 2 N–H and O–H groups in total. The Morgan fingerprint density at radius 3 is 2.45 bits per heavy atom. The number of benzene rings is 2. The molecule has 1 heterocycles. The van der Waals surface area contributed by atoms with E-state index >= 15 is 0 Å². The summed E-state index contributed by atoms with van der Waals surface area (Å²) < 4.78 is 5.84. The SMILES string of the molecule is C[C@H](NC(=O)[C@@]1(C)CCCCN1CCOc1ccccc1)c1ccc(C(=O)O)cc1.Cl. The Morgan fingerprint density at radius 2 is 1.81 bits per heavy atom. The number of nitrogens with one attached hydrogen (secondary N) is 1. The lowest BCUT2D eigenvalue weighted by Crippen LogP contribution is -2.60. The zero-order valence-electron chi connectivity index (χ0n) is 18.0. The highest BCUT2D eigenvalue weighted by atomic mass is 35.5. The van der Waals surface area contributed by atoms with Crippen LogP contribution in [0.1, 0.15) is 55.1 Å². The summed E-state index contributed by atoms with van der Waals surface area (Å²) in [6, 6.07) is 16.1. The van der Waals surface area contributed by atoms with Crippen molar-refractivity contribution in [3.8, 4) is 5.75 Å². The van der Waals surface area contributed by atoms with Crippen LogP contribution in [-0.4, -0.2) is 47.1 Å². The summed E-state index contributed by atoms with van der Waals surface area (Å²) in [4.78, 5) is 26.5. The lowest BCUT2D eigenvalue weighted by atomic mass is 9.87. The van der Waals surface area contributed by atoms with Crippen molar-refractivity contribution < 1.29 is 19.4 Å². The Hall–Kier alpha value is -2.57. The van der Waals surface area contributed by atoms with Gasteiger partial charge in [-0.2, -0.15) is 0 Å². The second-order valence-corrected chi connectivity index (χ2v) is 8.00. The number of carbonyl (C=O) groups is 2. The average molecular weight is 447 g/mol. The molecule has 1 aliphatic rings. The number of hydrogen-bond acceptors (Lipinski definition) is 4. The molecule has 168 valence electrons. The lowest BCUT2D eigenvalue weighted by molar-refractivity contribution is -0.136. The lowest BCUT2D eigenvalue weighted by Gasteiger charge is -2.44. The first-order valence-corrected chi connectivity index (χ1v) is 10.5. The van der Waals surface area contributed by atoms with E-state index in [2.05, 4.69) is 10.2 Å². The molecular weight excluding hydrogens is 416 g/mol. The van der Waals surface area contributed by atoms with Gasteiger partial charge in [-0.15, -0.1) is 12.4 Å². The first-order chi connectivity index (χ1) is 14.4. The summed E-state index contributed by atoms with van der Waals surface area (Å²) in [6.07, 6.45) is 2.89. The van der Waals surface area contributed by atoms with Crippen molar-refractivity contribution in [2.24, 2.45) is 0 Å². The van der Waals surface area contributed by atoms with Crippen LogP contribution in [0.25, 0.3) is 0 Å². The molecule has 0 bridgehead atoms. The van der Waals surface area contributed by atoms with Gasteiger partial charge in [-0.05, 0) is 69.5 Å². The van der Waals surface area contributed by atoms with Gasteiger partial charge in [0.2, 0.25) is 5.91 Å². The van der Waals surface area contributed by atoms with Crippen molar-refractivity contribution in [3.05, 3.63) is 65.7 Å². The smallest absolute Gasteiger partial charge is 0.335 e. The highest BCUT2D eigenvalue weighted by Crippen LogP contribution is 2.29.